The van der Waals surface area contributed by atoms with Gasteiger partial charge in [-0.15, -0.1) is 10.2 Å². The number of carbonyl (C=O) groups is 1. The van der Waals surface area contributed by atoms with Gasteiger partial charge in [0.15, 0.2) is 4.34 Å². The van der Waals surface area contributed by atoms with Gasteiger partial charge in [0.1, 0.15) is 5.01 Å². The highest BCUT2D eigenvalue weighted by Crippen LogP contribution is 2.22. The standard InChI is InChI=1S/C13H21N3O3S2/c1-10-14-15-13(21-10)20-9-12(17)16(5-7-18-2)8-11-4-3-6-19-11/h11H,3-9H2,1-2H3/t11-/m1/s1. The number of hydrogen-bond donors (Lipinski definition) is 0. The second-order valence-electron chi connectivity index (χ2n) is 4.84. The van der Waals surface area contributed by atoms with Crippen molar-refractivity contribution < 1.29 is 14.3 Å². The lowest BCUT2D eigenvalue weighted by molar-refractivity contribution is -0.130. The maximum absolute atomic E-state index is 12.4. The van der Waals surface area contributed by atoms with E-state index in [9.17, 15) is 4.79 Å². The average Bonchev–Trinajstić information content (AvgIpc) is 3.12. The molecule has 0 bridgehead atoms. The van der Waals surface area contributed by atoms with Crippen molar-refractivity contribution in [2.45, 2.75) is 30.2 Å². The van der Waals surface area contributed by atoms with Crippen LogP contribution in [0.25, 0.3) is 0 Å². The van der Waals surface area contributed by atoms with E-state index >= 15 is 0 Å². The molecule has 1 aliphatic rings. The summed E-state index contributed by atoms with van der Waals surface area (Å²) in [6.07, 6.45) is 2.27. The predicted molar refractivity (Wildman–Crippen MR) is 82.8 cm³/mol. The second kappa shape index (κ2) is 8.67. The zero-order chi connectivity index (χ0) is 15.1. The topological polar surface area (TPSA) is 64.6 Å². The van der Waals surface area contributed by atoms with E-state index in [0.717, 1.165) is 28.8 Å². The second-order valence-corrected chi connectivity index (χ2v) is 7.25. The van der Waals surface area contributed by atoms with Crippen LogP contribution in [-0.2, 0) is 14.3 Å². The SMILES string of the molecule is COCCN(C[C@H]1CCCO1)C(=O)CSc1nnc(C)s1. The van der Waals surface area contributed by atoms with Gasteiger partial charge in [-0.3, -0.25) is 4.79 Å². The van der Waals surface area contributed by atoms with Crippen molar-refractivity contribution in [3.8, 4) is 0 Å². The summed E-state index contributed by atoms with van der Waals surface area (Å²) in [4.78, 5) is 14.2. The molecule has 118 valence electrons. The molecule has 1 fully saturated rings. The van der Waals surface area contributed by atoms with Gasteiger partial charge in [-0.1, -0.05) is 23.1 Å². The van der Waals surface area contributed by atoms with Crippen molar-refractivity contribution >= 4 is 29.0 Å². The molecule has 0 saturated carbocycles. The van der Waals surface area contributed by atoms with Crippen LogP contribution < -0.4 is 0 Å². The third-order valence-corrected chi connectivity index (χ3v) is 5.15. The Hall–Kier alpha value is -0.700. The highest BCUT2D eigenvalue weighted by molar-refractivity contribution is 8.01. The summed E-state index contributed by atoms with van der Waals surface area (Å²) in [5.41, 5.74) is 0. The maximum atomic E-state index is 12.4. The molecule has 0 aromatic carbocycles. The number of hydrogen-bond acceptors (Lipinski definition) is 7. The smallest absolute Gasteiger partial charge is 0.233 e. The van der Waals surface area contributed by atoms with Crippen molar-refractivity contribution in [2.75, 3.05) is 39.2 Å². The Kier molecular flexibility index (Phi) is 6.88. The number of rotatable bonds is 8. The molecule has 2 heterocycles. The molecule has 0 unspecified atom stereocenters. The zero-order valence-electron chi connectivity index (χ0n) is 12.4. The Morgan fingerprint density at radius 1 is 1.57 bits per heavy atom. The van der Waals surface area contributed by atoms with Gasteiger partial charge in [-0.05, 0) is 19.8 Å². The highest BCUT2D eigenvalue weighted by Gasteiger charge is 2.22. The summed E-state index contributed by atoms with van der Waals surface area (Å²) >= 11 is 2.95. The number of methoxy groups -OCH3 is 1. The molecule has 1 amide bonds. The molecule has 1 aliphatic heterocycles. The third-order valence-electron chi connectivity index (χ3n) is 3.19. The molecule has 6 nitrogen and oxygen atoms in total. The summed E-state index contributed by atoms with van der Waals surface area (Å²) in [7, 11) is 1.65. The minimum absolute atomic E-state index is 0.0976. The van der Waals surface area contributed by atoms with E-state index in [4.69, 9.17) is 9.47 Å². The monoisotopic (exact) mass is 331 g/mol. The Bertz CT molecular complexity index is 450. The predicted octanol–water partition coefficient (Wildman–Crippen LogP) is 1.59. The van der Waals surface area contributed by atoms with Crippen molar-refractivity contribution in [3.05, 3.63) is 5.01 Å². The largest absolute Gasteiger partial charge is 0.383 e. The molecule has 1 aromatic heterocycles. The van der Waals surface area contributed by atoms with Gasteiger partial charge in [0.25, 0.3) is 0 Å². The van der Waals surface area contributed by atoms with E-state index in [1.165, 1.54) is 23.1 Å². The third kappa shape index (κ3) is 5.54. The van der Waals surface area contributed by atoms with Crippen molar-refractivity contribution in [2.24, 2.45) is 0 Å². The lowest BCUT2D eigenvalue weighted by Crippen LogP contribution is -2.40. The number of thioether (sulfide) groups is 1. The van der Waals surface area contributed by atoms with Crippen LogP contribution >= 0.6 is 23.1 Å². The first kappa shape index (κ1) is 16.7. The number of amides is 1. The first-order valence-electron chi connectivity index (χ1n) is 7.00. The van der Waals surface area contributed by atoms with Crippen molar-refractivity contribution in [1.29, 1.82) is 0 Å². The van der Waals surface area contributed by atoms with Crippen LogP contribution in [0.1, 0.15) is 17.8 Å². The van der Waals surface area contributed by atoms with Gasteiger partial charge in [-0.25, -0.2) is 0 Å². The van der Waals surface area contributed by atoms with Crippen LogP contribution in [0, 0.1) is 6.92 Å². The van der Waals surface area contributed by atoms with Gasteiger partial charge >= 0.3 is 0 Å². The number of aryl methyl sites for hydroxylation is 1. The van der Waals surface area contributed by atoms with Gasteiger partial charge in [0.05, 0.1) is 18.5 Å². The summed E-state index contributed by atoms with van der Waals surface area (Å²) in [6.45, 7) is 4.51. The molecule has 21 heavy (non-hydrogen) atoms. The molecule has 0 radical (unpaired) electrons. The zero-order valence-corrected chi connectivity index (χ0v) is 14.0. The van der Waals surface area contributed by atoms with E-state index < -0.39 is 0 Å². The molecule has 1 atom stereocenters. The Morgan fingerprint density at radius 2 is 2.43 bits per heavy atom. The van der Waals surface area contributed by atoms with E-state index in [2.05, 4.69) is 10.2 Å². The average molecular weight is 331 g/mol. The van der Waals surface area contributed by atoms with Crippen LogP contribution in [-0.4, -0.2) is 66.3 Å². The molecule has 1 saturated heterocycles. The maximum Gasteiger partial charge on any atom is 0.233 e. The molecule has 0 N–H and O–H groups in total. The lowest BCUT2D eigenvalue weighted by atomic mass is 10.2. The molecule has 0 spiro atoms. The number of carbonyl (C=O) groups excluding carboxylic acids is 1. The molecule has 8 heteroatoms. The molecule has 0 aliphatic carbocycles. The van der Waals surface area contributed by atoms with Gasteiger partial charge < -0.3 is 14.4 Å². The van der Waals surface area contributed by atoms with Gasteiger partial charge in [-0.2, -0.15) is 0 Å². The van der Waals surface area contributed by atoms with E-state index in [0.29, 0.717) is 25.4 Å². The van der Waals surface area contributed by atoms with Gasteiger partial charge in [0.2, 0.25) is 5.91 Å². The quantitative estimate of drug-likeness (QED) is 0.674. The number of aromatic nitrogens is 2. The van der Waals surface area contributed by atoms with E-state index in [-0.39, 0.29) is 12.0 Å². The minimum atomic E-state index is 0.0976. The van der Waals surface area contributed by atoms with Crippen LogP contribution in [0.5, 0.6) is 0 Å². The van der Waals surface area contributed by atoms with E-state index in [1.807, 2.05) is 11.8 Å². The Balaban J connectivity index is 1.83. The Labute approximate surface area is 133 Å². The lowest BCUT2D eigenvalue weighted by Gasteiger charge is -2.25. The van der Waals surface area contributed by atoms with Crippen LogP contribution in [0.15, 0.2) is 4.34 Å². The fourth-order valence-electron chi connectivity index (χ4n) is 2.10. The highest BCUT2D eigenvalue weighted by atomic mass is 32.2. The van der Waals surface area contributed by atoms with Crippen molar-refractivity contribution in [1.82, 2.24) is 15.1 Å². The van der Waals surface area contributed by atoms with Crippen molar-refractivity contribution in [3.63, 3.8) is 0 Å². The van der Waals surface area contributed by atoms with Crippen LogP contribution in [0.2, 0.25) is 0 Å². The summed E-state index contributed by atoms with van der Waals surface area (Å²) in [5.74, 6) is 0.478. The fraction of sp³-hybridized carbons (Fsp3) is 0.769. The Morgan fingerprint density at radius 3 is 3.05 bits per heavy atom. The normalized spacial score (nSPS) is 18.1. The van der Waals surface area contributed by atoms with Gasteiger partial charge in [0, 0.05) is 26.8 Å². The van der Waals surface area contributed by atoms with Crippen LogP contribution in [0.3, 0.4) is 0 Å². The summed E-state index contributed by atoms with van der Waals surface area (Å²) in [5, 5.41) is 8.90. The molecular weight excluding hydrogens is 310 g/mol. The molecular formula is C13H21N3O3S2. The summed E-state index contributed by atoms with van der Waals surface area (Å²) in [6, 6.07) is 0. The minimum Gasteiger partial charge on any atom is -0.383 e. The molecule has 1 aromatic rings. The number of ether oxygens (including phenoxy) is 2. The number of nitrogens with zero attached hydrogens (tertiary/aromatic N) is 3. The first-order valence-corrected chi connectivity index (χ1v) is 8.80. The fourth-order valence-corrected chi connectivity index (χ4v) is 3.82. The molecule has 2 rings (SSSR count). The van der Waals surface area contributed by atoms with Crippen LogP contribution in [0.4, 0.5) is 0 Å². The van der Waals surface area contributed by atoms with E-state index in [1.54, 1.807) is 7.11 Å². The first-order chi connectivity index (χ1) is 10.2. The summed E-state index contributed by atoms with van der Waals surface area (Å²) < 4.78 is 11.5.